The Bertz CT molecular complexity index is 310. The zero-order chi connectivity index (χ0) is 13.3. The van der Waals surface area contributed by atoms with Crippen molar-refractivity contribution in [2.75, 3.05) is 13.2 Å². The van der Waals surface area contributed by atoms with Gasteiger partial charge in [-0.05, 0) is 6.92 Å². The van der Waals surface area contributed by atoms with Crippen LogP contribution in [0.3, 0.4) is 0 Å². The number of aliphatic hydroxyl groups excluding tert-OH is 3. The molecule has 0 spiro atoms. The van der Waals surface area contributed by atoms with Crippen molar-refractivity contribution in [3.05, 3.63) is 0 Å². The number of aliphatic hydroxyl groups is 4. The van der Waals surface area contributed by atoms with E-state index < -0.39 is 38.0 Å². The normalized spacial score (nSPS) is 42.1. The van der Waals surface area contributed by atoms with Crippen molar-refractivity contribution in [2.45, 2.75) is 37.2 Å². The van der Waals surface area contributed by atoms with Gasteiger partial charge in [0.25, 0.3) is 0 Å². The highest BCUT2D eigenvalue weighted by Gasteiger charge is 2.52. The molecule has 1 heterocycles. The molecule has 0 aromatic carbocycles. The first-order valence-corrected chi connectivity index (χ1v) is 6.75. The molecule has 0 bridgehead atoms. The third kappa shape index (κ3) is 3.04. The molecule has 1 unspecified atom stereocenters. The van der Waals surface area contributed by atoms with E-state index in [0.29, 0.717) is 0 Å². The third-order valence-corrected chi connectivity index (χ3v) is 4.19. The average Bonchev–Trinajstić information content (AvgIpc) is 2.25. The Hall–Kier alpha value is -0.0500. The van der Waals surface area contributed by atoms with Crippen molar-refractivity contribution < 1.29 is 39.1 Å². The Kier molecular flexibility index (Phi) is 4.67. The van der Waals surface area contributed by atoms with Crippen molar-refractivity contribution in [3.8, 4) is 0 Å². The molecule has 0 aliphatic carbocycles. The van der Waals surface area contributed by atoms with E-state index in [1.165, 1.54) is 6.92 Å². The van der Waals surface area contributed by atoms with E-state index in [0.717, 1.165) is 0 Å². The maximum atomic E-state index is 11.6. The molecule has 102 valence electrons. The summed E-state index contributed by atoms with van der Waals surface area (Å²) in [6.45, 7) is 0.424. The van der Waals surface area contributed by atoms with Crippen LogP contribution in [0.15, 0.2) is 0 Å². The molecule has 17 heavy (non-hydrogen) atoms. The van der Waals surface area contributed by atoms with Crippen molar-refractivity contribution in [2.24, 2.45) is 0 Å². The molecule has 1 saturated heterocycles. The van der Waals surface area contributed by atoms with Crippen molar-refractivity contribution >= 4 is 7.60 Å². The van der Waals surface area contributed by atoms with Crippen LogP contribution >= 0.6 is 7.60 Å². The highest BCUT2D eigenvalue weighted by atomic mass is 31.2. The Balaban J connectivity index is 2.88. The molecule has 1 fully saturated rings. The Morgan fingerprint density at radius 3 is 2.59 bits per heavy atom. The minimum atomic E-state index is -4.19. The maximum absolute atomic E-state index is 11.6. The Morgan fingerprint density at radius 2 is 2.12 bits per heavy atom. The van der Waals surface area contributed by atoms with Crippen molar-refractivity contribution in [1.29, 1.82) is 0 Å². The van der Waals surface area contributed by atoms with Gasteiger partial charge in [-0.3, -0.25) is 4.57 Å². The quantitative estimate of drug-likeness (QED) is 0.384. The number of hydrogen-bond donors (Lipinski definition) is 5. The van der Waals surface area contributed by atoms with Gasteiger partial charge in [0.05, 0.1) is 19.3 Å². The predicted molar refractivity (Wildman–Crippen MR) is 55.0 cm³/mol. The molecule has 0 aromatic heterocycles. The second kappa shape index (κ2) is 5.29. The van der Waals surface area contributed by atoms with Gasteiger partial charge in [-0.1, -0.05) is 0 Å². The minimum Gasteiger partial charge on any atom is -0.391 e. The summed E-state index contributed by atoms with van der Waals surface area (Å²) in [5.74, 6) is -3.98. The Morgan fingerprint density at radius 1 is 1.53 bits per heavy atom. The Labute approximate surface area is 97.9 Å². The van der Waals surface area contributed by atoms with E-state index in [1.54, 1.807) is 0 Å². The van der Waals surface area contributed by atoms with Gasteiger partial charge in [0, 0.05) is 6.42 Å². The van der Waals surface area contributed by atoms with Crippen molar-refractivity contribution in [1.82, 2.24) is 0 Å². The van der Waals surface area contributed by atoms with Gasteiger partial charge in [0.2, 0.25) is 5.79 Å². The second-order valence-corrected chi connectivity index (χ2v) is 5.77. The highest BCUT2D eigenvalue weighted by molar-refractivity contribution is 7.53. The van der Waals surface area contributed by atoms with Gasteiger partial charge >= 0.3 is 7.60 Å². The average molecular weight is 272 g/mol. The molecule has 0 saturated carbocycles. The van der Waals surface area contributed by atoms with Gasteiger partial charge < -0.3 is 34.6 Å². The van der Waals surface area contributed by atoms with Gasteiger partial charge in [-0.2, -0.15) is 0 Å². The van der Waals surface area contributed by atoms with Crippen LogP contribution in [0.2, 0.25) is 0 Å². The summed E-state index contributed by atoms with van der Waals surface area (Å²) in [4.78, 5) is 9.49. The summed E-state index contributed by atoms with van der Waals surface area (Å²) < 4.78 is 21.0. The molecule has 0 radical (unpaired) electrons. The van der Waals surface area contributed by atoms with E-state index in [9.17, 15) is 24.8 Å². The topological polar surface area (TPSA) is 137 Å². The summed E-state index contributed by atoms with van der Waals surface area (Å²) >= 11 is 0. The molecule has 8 nitrogen and oxygen atoms in total. The lowest BCUT2D eigenvalue weighted by Crippen LogP contribution is -2.59. The fraction of sp³-hybridized carbons (Fsp3) is 1.00. The number of hydrogen-bond acceptors (Lipinski definition) is 7. The van der Waals surface area contributed by atoms with E-state index in [1.807, 2.05) is 0 Å². The number of ether oxygens (including phenoxy) is 1. The van der Waals surface area contributed by atoms with Gasteiger partial charge in [0.1, 0.15) is 6.10 Å². The van der Waals surface area contributed by atoms with Crippen LogP contribution < -0.4 is 0 Å². The van der Waals surface area contributed by atoms with Gasteiger partial charge in [-0.15, -0.1) is 0 Å². The predicted octanol–water partition coefficient (Wildman–Crippen LogP) is -1.64. The summed E-state index contributed by atoms with van der Waals surface area (Å²) in [6, 6.07) is 0. The maximum Gasteiger partial charge on any atom is 0.356 e. The molecule has 1 rings (SSSR count). The third-order valence-electron chi connectivity index (χ3n) is 2.51. The van der Waals surface area contributed by atoms with E-state index >= 15 is 0 Å². The SMILES string of the molecule is CCOP(=O)(O)[C@H]1C[C@@H](O)[C@H](O)[C@@](O)(CO)O1. The molecule has 1 aliphatic heterocycles. The van der Waals surface area contributed by atoms with E-state index in [-0.39, 0.29) is 13.0 Å². The lowest BCUT2D eigenvalue weighted by Gasteiger charge is -2.42. The van der Waals surface area contributed by atoms with Crippen molar-refractivity contribution in [3.63, 3.8) is 0 Å². The lowest BCUT2D eigenvalue weighted by molar-refractivity contribution is -0.322. The fourth-order valence-corrected chi connectivity index (χ4v) is 2.92. The van der Waals surface area contributed by atoms with Gasteiger partial charge in [0.15, 0.2) is 5.85 Å². The number of rotatable bonds is 4. The monoisotopic (exact) mass is 272 g/mol. The molecule has 1 aliphatic rings. The van der Waals surface area contributed by atoms with Crippen LogP contribution in [0.1, 0.15) is 13.3 Å². The van der Waals surface area contributed by atoms with E-state index in [4.69, 9.17) is 9.84 Å². The van der Waals surface area contributed by atoms with Crippen LogP contribution in [-0.4, -0.2) is 62.4 Å². The smallest absolute Gasteiger partial charge is 0.356 e. The standard InChI is InChI=1S/C8H17O8P/c1-2-15-17(13,14)6-3-5(10)7(11)8(12,4-9)16-6/h5-7,9-12H,2-4H2,1H3,(H,13,14)/t5-,6+,7+,8-/m1/s1. The molecular weight excluding hydrogens is 255 g/mol. The molecule has 5 N–H and O–H groups in total. The molecular formula is C8H17O8P. The largest absolute Gasteiger partial charge is 0.391 e. The summed E-state index contributed by atoms with van der Waals surface area (Å²) in [6.07, 6.45) is -3.63. The van der Waals surface area contributed by atoms with E-state index in [2.05, 4.69) is 4.52 Å². The molecule has 9 heteroatoms. The first-order chi connectivity index (χ1) is 7.77. The molecule has 5 atom stereocenters. The second-order valence-electron chi connectivity index (χ2n) is 3.81. The zero-order valence-corrected chi connectivity index (χ0v) is 10.2. The van der Waals surface area contributed by atoms with Gasteiger partial charge in [-0.25, -0.2) is 0 Å². The fourth-order valence-electron chi connectivity index (χ4n) is 1.59. The van der Waals surface area contributed by atoms with Crippen LogP contribution in [0.5, 0.6) is 0 Å². The highest BCUT2D eigenvalue weighted by Crippen LogP contribution is 2.52. The summed E-state index contributed by atoms with van der Waals surface area (Å²) in [7, 11) is -4.19. The first kappa shape index (κ1) is 15.0. The van der Waals surface area contributed by atoms with Crippen LogP contribution in [0.25, 0.3) is 0 Å². The zero-order valence-electron chi connectivity index (χ0n) is 9.26. The molecule has 0 amide bonds. The summed E-state index contributed by atoms with van der Waals surface area (Å²) in [5.41, 5.74) is 0. The van der Waals surface area contributed by atoms with Crippen LogP contribution in [-0.2, 0) is 13.8 Å². The molecule has 0 aromatic rings. The van der Waals surface area contributed by atoms with Crippen LogP contribution in [0, 0.1) is 0 Å². The minimum absolute atomic E-state index is 0.0517. The first-order valence-electron chi connectivity index (χ1n) is 5.11. The van der Waals surface area contributed by atoms with Crippen LogP contribution in [0.4, 0.5) is 0 Å². The summed E-state index contributed by atoms with van der Waals surface area (Å²) in [5, 5.41) is 37.4. The lowest BCUT2D eigenvalue weighted by atomic mass is 10.00.